The number of amides is 1. The van der Waals surface area contributed by atoms with E-state index in [1.807, 2.05) is 38.2 Å². The van der Waals surface area contributed by atoms with Crippen LogP contribution < -0.4 is 4.90 Å². The molecule has 0 saturated heterocycles. The van der Waals surface area contributed by atoms with E-state index >= 15 is 0 Å². The Morgan fingerprint density at radius 3 is 2.58 bits per heavy atom. The van der Waals surface area contributed by atoms with Gasteiger partial charge in [0.2, 0.25) is 5.91 Å². The Hall–Kier alpha value is -1.61. The van der Waals surface area contributed by atoms with Crippen LogP contribution in [-0.4, -0.2) is 13.0 Å². The number of hydrogen-bond acceptors (Lipinski definition) is 2. The molecule has 0 unspecified atom stereocenters. The third kappa shape index (κ3) is 3.93. The quantitative estimate of drug-likeness (QED) is 0.805. The normalized spacial score (nSPS) is 10.4. The molecule has 1 aromatic carbocycles. The highest BCUT2D eigenvalue weighted by Gasteiger charge is 2.10. The molecule has 0 atom stereocenters. The lowest BCUT2D eigenvalue weighted by atomic mass is 10.2. The maximum atomic E-state index is 12.1. The van der Waals surface area contributed by atoms with Gasteiger partial charge in [0, 0.05) is 24.0 Å². The zero-order chi connectivity index (χ0) is 13.7. The van der Waals surface area contributed by atoms with Crippen molar-refractivity contribution >= 4 is 22.9 Å². The van der Waals surface area contributed by atoms with Gasteiger partial charge in [0.15, 0.2) is 0 Å². The number of nitrogens with zero attached hydrogens (tertiary/aromatic N) is 1. The second-order valence-electron chi connectivity index (χ2n) is 4.72. The predicted molar refractivity (Wildman–Crippen MR) is 81.8 cm³/mol. The fourth-order valence-corrected chi connectivity index (χ4v) is 2.70. The summed E-state index contributed by atoms with van der Waals surface area (Å²) >= 11 is 1.76. The van der Waals surface area contributed by atoms with Crippen molar-refractivity contribution < 1.29 is 4.79 Å². The Morgan fingerprint density at radius 1 is 1.21 bits per heavy atom. The van der Waals surface area contributed by atoms with Gasteiger partial charge in [0.25, 0.3) is 0 Å². The molecule has 0 spiro atoms. The number of rotatable bonds is 5. The summed E-state index contributed by atoms with van der Waals surface area (Å²) in [6.07, 6.45) is 2.50. The monoisotopic (exact) mass is 273 g/mol. The summed E-state index contributed by atoms with van der Waals surface area (Å²) in [5.74, 6) is 0.181. The van der Waals surface area contributed by atoms with Crippen molar-refractivity contribution in [3.8, 4) is 0 Å². The minimum atomic E-state index is 0.181. The molecule has 0 aliphatic carbocycles. The molecule has 0 saturated carbocycles. The van der Waals surface area contributed by atoms with Gasteiger partial charge < -0.3 is 4.90 Å². The van der Waals surface area contributed by atoms with Crippen molar-refractivity contribution in [2.24, 2.45) is 0 Å². The van der Waals surface area contributed by atoms with Gasteiger partial charge in [-0.2, -0.15) is 0 Å². The SMILES string of the molecule is Cc1ccc(N(C)C(=O)CCCc2cccs2)cc1. The van der Waals surface area contributed by atoms with E-state index in [9.17, 15) is 4.79 Å². The van der Waals surface area contributed by atoms with E-state index in [1.54, 1.807) is 16.2 Å². The summed E-state index contributed by atoms with van der Waals surface area (Å²) in [5.41, 5.74) is 2.18. The summed E-state index contributed by atoms with van der Waals surface area (Å²) in [4.78, 5) is 15.2. The Kier molecular flexibility index (Phi) is 4.74. The first-order valence-electron chi connectivity index (χ1n) is 6.52. The van der Waals surface area contributed by atoms with E-state index in [2.05, 4.69) is 17.5 Å². The van der Waals surface area contributed by atoms with Crippen LogP contribution in [0, 0.1) is 6.92 Å². The summed E-state index contributed by atoms with van der Waals surface area (Å²) in [6.45, 7) is 2.05. The van der Waals surface area contributed by atoms with Gasteiger partial charge in [0.1, 0.15) is 0 Å². The van der Waals surface area contributed by atoms with Crippen LogP contribution >= 0.6 is 11.3 Å². The van der Waals surface area contributed by atoms with Gasteiger partial charge in [-0.25, -0.2) is 0 Å². The molecule has 0 fully saturated rings. The van der Waals surface area contributed by atoms with E-state index in [1.165, 1.54) is 10.4 Å². The highest BCUT2D eigenvalue weighted by Crippen LogP contribution is 2.16. The second kappa shape index (κ2) is 6.53. The van der Waals surface area contributed by atoms with Crippen LogP contribution in [0.3, 0.4) is 0 Å². The molecule has 0 radical (unpaired) electrons. The van der Waals surface area contributed by atoms with Crippen LogP contribution in [0.5, 0.6) is 0 Å². The number of aryl methyl sites for hydroxylation is 2. The third-order valence-corrected chi connectivity index (χ3v) is 4.13. The smallest absolute Gasteiger partial charge is 0.226 e. The summed E-state index contributed by atoms with van der Waals surface area (Å²) in [7, 11) is 1.85. The van der Waals surface area contributed by atoms with Gasteiger partial charge in [0.05, 0.1) is 0 Å². The summed E-state index contributed by atoms with van der Waals surface area (Å²) in [5, 5.41) is 2.08. The lowest BCUT2D eigenvalue weighted by Crippen LogP contribution is -2.25. The fraction of sp³-hybridized carbons (Fsp3) is 0.312. The van der Waals surface area contributed by atoms with Crippen molar-refractivity contribution in [2.75, 3.05) is 11.9 Å². The molecule has 1 heterocycles. The average molecular weight is 273 g/mol. The molecular weight excluding hydrogens is 254 g/mol. The van der Waals surface area contributed by atoms with E-state index in [0.29, 0.717) is 6.42 Å². The standard InChI is InChI=1S/C16H19NOS/c1-13-8-10-14(11-9-13)17(2)16(18)7-3-5-15-6-4-12-19-15/h4,6,8-12H,3,5,7H2,1-2H3. The van der Waals surface area contributed by atoms with E-state index in [0.717, 1.165) is 18.5 Å². The first-order chi connectivity index (χ1) is 9.16. The van der Waals surface area contributed by atoms with E-state index in [4.69, 9.17) is 0 Å². The first kappa shape index (κ1) is 13.8. The largest absolute Gasteiger partial charge is 0.316 e. The van der Waals surface area contributed by atoms with Gasteiger partial charge in [-0.1, -0.05) is 23.8 Å². The zero-order valence-electron chi connectivity index (χ0n) is 11.4. The second-order valence-corrected chi connectivity index (χ2v) is 5.75. The molecule has 1 aromatic heterocycles. The summed E-state index contributed by atoms with van der Waals surface area (Å²) < 4.78 is 0. The number of carbonyl (C=O) groups excluding carboxylic acids is 1. The Bertz CT molecular complexity index is 516. The Balaban J connectivity index is 1.83. The molecule has 2 rings (SSSR count). The Morgan fingerprint density at radius 2 is 1.95 bits per heavy atom. The molecule has 3 heteroatoms. The van der Waals surface area contributed by atoms with Crippen LogP contribution in [-0.2, 0) is 11.2 Å². The van der Waals surface area contributed by atoms with E-state index < -0.39 is 0 Å². The van der Waals surface area contributed by atoms with Gasteiger partial charge in [-0.05, 0) is 43.3 Å². The van der Waals surface area contributed by atoms with Crippen LogP contribution in [0.1, 0.15) is 23.3 Å². The fourth-order valence-electron chi connectivity index (χ4n) is 1.95. The van der Waals surface area contributed by atoms with Crippen molar-refractivity contribution in [3.63, 3.8) is 0 Å². The van der Waals surface area contributed by atoms with Crippen molar-refractivity contribution in [3.05, 3.63) is 52.2 Å². The molecule has 0 aliphatic heterocycles. The number of benzene rings is 1. The molecule has 0 N–H and O–H groups in total. The van der Waals surface area contributed by atoms with Crippen molar-refractivity contribution in [2.45, 2.75) is 26.2 Å². The average Bonchev–Trinajstić information content (AvgIpc) is 2.92. The minimum Gasteiger partial charge on any atom is -0.316 e. The highest BCUT2D eigenvalue weighted by atomic mass is 32.1. The molecule has 19 heavy (non-hydrogen) atoms. The molecular formula is C16H19NOS. The molecule has 0 bridgehead atoms. The molecule has 2 nitrogen and oxygen atoms in total. The topological polar surface area (TPSA) is 20.3 Å². The van der Waals surface area contributed by atoms with Crippen LogP contribution in [0.25, 0.3) is 0 Å². The van der Waals surface area contributed by atoms with Crippen LogP contribution in [0.2, 0.25) is 0 Å². The lowest BCUT2D eigenvalue weighted by Gasteiger charge is -2.17. The zero-order valence-corrected chi connectivity index (χ0v) is 12.2. The molecule has 1 amide bonds. The number of carbonyl (C=O) groups is 1. The predicted octanol–water partition coefficient (Wildman–Crippen LogP) is 4.04. The number of anilines is 1. The van der Waals surface area contributed by atoms with Crippen molar-refractivity contribution in [1.29, 1.82) is 0 Å². The lowest BCUT2D eigenvalue weighted by molar-refractivity contribution is -0.118. The maximum absolute atomic E-state index is 12.1. The van der Waals surface area contributed by atoms with Gasteiger partial charge in [-0.15, -0.1) is 11.3 Å². The number of thiophene rings is 1. The van der Waals surface area contributed by atoms with Gasteiger partial charge in [-0.3, -0.25) is 4.79 Å². The first-order valence-corrected chi connectivity index (χ1v) is 7.40. The van der Waals surface area contributed by atoms with Crippen LogP contribution in [0.15, 0.2) is 41.8 Å². The highest BCUT2D eigenvalue weighted by molar-refractivity contribution is 7.09. The van der Waals surface area contributed by atoms with Crippen molar-refractivity contribution in [1.82, 2.24) is 0 Å². The number of hydrogen-bond donors (Lipinski definition) is 0. The molecule has 100 valence electrons. The summed E-state index contributed by atoms with van der Waals surface area (Å²) in [6, 6.07) is 12.2. The molecule has 2 aromatic rings. The molecule has 0 aliphatic rings. The van der Waals surface area contributed by atoms with E-state index in [-0.39, 0.29) is 5.91 Å². The maximum Gasteiger partial charge on any atom is 0.226 e. The third-order valence-electron chi connectivity index (χ3n) is 3.19. The minimum absolute atomic E-state index is 0.181. The van der Waals surface area contributed by atoms with Gasteiger partial charge >= 0.3 is 0 Å². The Labute approximate surface area is 118 Å². The van der Waals surface area contributed by atoms with Crippen LogP contribution in [0.4, 0.5) is 5.69 Å².